The highest BCUT2D eigenvalue weighted by Crippen LogP contribution is 2.40. The van der Waals surface area contributed by atoms with Crippen molar-refractivity contribution in [2.45, 2.75) is 70.9 Å². The molecule has 5 nitrogen and oxygen atoms in total. The lowest BCUT2D eigenvalue weighted by molar-refractivity contribution is 0.0933. The monoisotopic (exact) mass is 538 g/mol. The van der Waals surface area contributed by atoms with Gasteiger partial charge in [-0.25, -0.2) is 23.1 Å². The van der Waals surface area contributed by atoms with Gasteiger partial charge in [0.05, 0.1) is 18.4 Å². The summed E-state index contributed by atoms with van der Waals surface area (Å²) in [6.45, 7) is 10.5. The van der Waals surface area contributed by atoms with Crippen LogP contribution in [0.1, 0.15) is 69.8 Å². The maximum atomic E-state index is 15.3. The van der Waals surface area contributed by atoms with E-state index in [1.54, 1.807) is 6.07 Å². The second-order valence-electron chi connectivity index (χ2n) is 11.5. The minimum Gasteiger partial charge on any atom is -0.486 e. The molecule has 39 heavy (non-hydrogen) atoms. The maximum absolute atomic E-state index is 15.3. The summed E-state index contributed by atoms with van der Waals surface area (Å²) in [6.07, 6.45) is 4.02. The fourth-order valence-electron chi connectivity index (χ4n) is 5.78. The number of anilines is 1. The summed E-state index contributed by atoms with van der Waals surface area (Å²) in [5.41, 5.74) is 2.38. The minimum absolute atomic E-state index is 0.0142. The Morgan fingerprint density at radius 3 is 2.59 bits per heavy atom. The summed E-state index contributed by atoms with van der Waals surface area (Å²) in [5, 5.41) is 0. The molecule has 2 aromatic carbocycles. The average Bonchev–Trinajstić information content (AvgIpc) is 2.90. The van der Waals surface area contributed by atoms with Gasteiger partial charge in [-0.1, -0.05) is 19.1 Å². The zero-order valence-corrected chi connectivity index (χ0v) is 23.4. The zero-order valence-electron chi connectivity index (χ0n) is 23.4. The average molecular weight is 539 g/mol. The molecule has 0 spiro atoms. The molecule has 0 amide bonds. The molecule has 3 heterocycles. The molecule has 0 saturated carbocycles. The molecule has 0 N–H and O–H groups in total. The van der Waals surface area contributed by atoms with Crippen LogP contribution < -0.4 is 9.64 Å². The van der Waals surface area contributed by atoms with Crippen molar-refractivity contribution in [1.29, 1.82) is 0 Å². The van der Waals surface area contributed by atoms with Crippen molar-refractivity contribution in [2.75, 3.05) is 31.6 Å². The highest BCUT2D eigenvalue weighted by atomic mass is 19.1. The lowest BCUT2D eigenvalue weighted by Crippen LogP contribution is -2.47. The van der Waals surface area contributed by atoms with Crippen molar-refractivity contribution >= 4 is 5.69 Å². The number of piperidine rings is 1. The molecule has 1 saturated heterocycles. The van der Waals surface area contributed by atoms with Crippen LogP contribution in [0.25, 0.3) is 11.3 Å². The van der Waals surface area contributed by atoms with E-state index in [1.807, 2.05) is 12.1 Å². The molecule has 0 bridgehead atoms. The van der Waals surface area contributed by atoms with Gasteiger partial charge in [-0.05, 0) is 88.9 Å². The van der Waals surface area contributed by atoms with Crippen LogP contribution in [-0.2, 0) is 6.42 Å². The van der Waals surface area contributed by atoms with Gasteiger partial charge in [0.1, 0.15) is 23.9 Å². The van der Waals surface area contributed by atoms with Crippen molar-refractivity contribution in [3.05, 3.63) is 70.9 Å². The molecule has 2 aliphatic rings. The topological polar surface area (TPSA) is 41.5 Å². The van der Waals surface area contributed by atoms with Crippen LogP contribution in [-0.4, -0.2) is 53.2 Å². The van der Waals surface area contributed by atoms with Gasteiger partial charge >= 0.3 is 0 Å². The lowest BCUT2D eigenvalue weighted by atomic mass is 9.79. The van der Waals surface area contributed by atoms with Gasteiger partial charge in [0.2, 0.25) is 0 Å². The Morgan fingerprint density at radius 1 is 1.08 bits per heavy atom. The number of halogens is 3. The fraction of sp³-hybridized carbons (Fsp3) is 0.484. The number of hydrogen-bond donors (Lipinski definition) is 0. The molecule has 2 unspecified atom stereocenters. The van der Waals surface area contributed by atoms with Gasteiger partial charge in [-0.15, -0.1) is 0 Å². The first-order valence-corrected chi connectivity index (χ1v) is 13.8. The summed E-state index contributed by atoms with van der Waals surface area (Å²) in [7, 11) is 2.11. The number of rotatable bonds is 6. The molecule has 0 aliphatic carbocycles. The van der Waals surface area contributed by atoms with Crippen LogP contribution in [0.2, 0.25) is 0 Å². The smallest absolute Gasteiger partial charge is 0.178 e. The molecular weight excluding hydrogens is 501 g/mol. The van der Waals surface area contributed by atoms with Crippen molar-refractivity contribution in [3.8, 4) is 17.0 Å². The predicted molar refractivity (Wildman–Crippen MR) is 148 cm³/mol. The van der Waals surface area contributed by atoms with Gasteiger partial charge in [-0.3, -0.25) is 0 Å². The number of likely N-dealkylation sites (tertiary alicyclic amines) is 1. The van der Waals surface area contributed by atoms with E-state index in [0.29, 0.717) is 35.8 Å². The molecule has 3 aromatic rings. The Labute approximate surface area is 229 Å². The van der Waals surface area contributed by atoms with Crippen LogP contribution in [0.3, 0.4) is 0 Å². The van der Waals surface area contributed by atoms with E-state index < -0.39 is 11.6 Å². The Hall–Kier alpha value is -3.13. The Kier molecular flexibility index (Phi) is 7.60. The van der Waals surface area contributed by atoms with Crippen LogP contribution in [0, 0.1) is 17.5 Å². The van der Waals surface area contributed by atoms with E-state index in [2.05, 4.69) is 54.5 Å². The largest absolute Gasteiger partial charge is 0.486 e. The third kappa shape index (κ3) is 5.49. The van der Waals surface area contributed by atoms with Crippen molar-refractivity contribution < 1.29 is 17.9 Å². The number of hydrogen-bond acceptors (Lipinski definition) is 5. The molecule has 1 fully saturated rings. The fourth-order valence-corrected chi connectivity index (χ4v) is 5.78. The van der Waals surface area contributed by atoms with Crippen molar-refractivity contribution in [2.24, 2.45) is 0 Å². The van der Waals surface area contributed by atoms with Gasteiger partial charge in [0.15, 0.2) is 17.4 Å². The number of ether oxygens (including phenoxy) is 1. The Balaban J connectivity index is 1.41. The zero-order chi connectivity index (χ0) is 27.9. The molecule has 5 rings (SSSR count). The quantitative estimate of drug-likeness (QED) is 0.348. The lowest BCUT2D eigenvalue weighted by Gasteiger charge is -2.43. The second kappa shape index (κ2) is 10.8. The molecule has 208 valence electrons. The molecule has 8 heteroatoms. The molecule has 1 aromatic heterocycles. The summed E-state index contributed by atoms with van der Waals surface area (Å²) >= 11 is 0. The highest BCUT2D eigenvalue weighted by Gasteiger charge is 2.34. The minimum atomic E-state index is -0.642. The third-order valence-electron chi connectivity index (χ3n) is 8.56. The molecule has 2 atom stereocenters. The summed E-state index contributed by atoms with van der Waals surface area (Å²) in [4.78, 5) is 13.0. The maximum Gasteiger partial charge on any atom is 0.178 e. The highest BCUT2D eigenvalue weighted by molar-refractivity contribution is 5.72. The van der Waals surface area contributed by atoms with Gasteiger partial charge in [-0.2, -0.15) is 0 Å². The summed E-state index contributed by atoms with van der Waals surface area (Å²) < 4.78 is 50.9. The standard InChI is InChI=1S/C31H37F3N4O/c1-6-19(2)38-11-12-39-30-25(33)15-22(16-27(30)38)29-26(34)18-35-28(36-29)14-20-7-8-23(24(32)13-20)21-9-10-37(5)31(3,4)17-21/h7-8,13,15-16,18-19,21H,6,9-12,14,17H2,1-5H3. The van der Waals surface area contributed by atoms with Crippen LogP contribution in [0.5, 0.6) is 5.75 Å². The molecular formula is C31H37F3N4O. The predicted octanol–water partition coefficient (Wildman–Crippen LogP) is 6.74. The Morgan fingerprint density at radius 2 is 1.87 bits per heavy atom. The summed E-state index contributed by atoms with van der Waals surface area (Å²) in [5.74, 6) is -0.740. The van der Waals surface area contributed by atoms with Crippen molar-refractivity contribution in [1.82, 2.24) is 14.9 Å². The van der Waals surface area contributed by atoms with Crippen LogP contribution >= 0.6 is 0 Å². The number of nitrogens with zero attached hydrogens (tertiary/aromatic N) is 4. The summed E-state index contributed by atoms with van der Waals surface area (Å²) in [6, 6.07) is 8.46. The first kappa shape index (κ1) is 27.4. The van der Waals surface area contributed by atoms with Crippen LogP contribution in [0.15, 0.2) is 36.5 Å². The molecule has 0 radical (unpaired) electrons. The SMILES string of the molecule is CCC(C)N1CCOc2c(F)cc(-c3nc(Cc4ccc(C5CCN(C)C(C)(C)C5)c(F)c4)ncc3F)cc21. The van der Waals surface area contributed by atoms with E-state index in [1.165, 1.54) is 12.1 Å². The van der Waals surface area contributed by atoms with E-state index in [0.717, 1.165) is 37.6 Å². The number of benzene rings is 2. The number of aromatic nitrogens is 2. The Bertz CT molecular complexity index is 1360. The number of fused-ring (bicyclic) bond motifs is 1. The molecule has 2 aliphatic heterocycles. The van der Waals surface area contributed by atoms with Crippen LogP contribution in [0.4, 0.5) is 18.9 Å². The first-order valence-electron chi connectivity index (χ1n) is 13.8. The second-order valence-corrected chi connectivity index (χ2v) is 11.5. The van der Waals surface area contributed by atoms with E-state index in [9.17, 15) is 4.39 Å². The van der Waals surface area contributed by atoms with E-state index >= 15 is 8.78 Å². The van der Waals surface area contributed by atoms with Gasteiger partial charge in [0, 0.05) is 23.6 Å². The van der Waals surface area contributed by atoms with E-state index in [-0.39, 0.29) is 41.2 Å². The van der Waals surface area contributed by atoms with Crippen molar-refractivity contribution in [3.63, 3.8) is 0 Å². The first-order chi connectivity index (χ1) is 18.6. The van der Waals surface area contributed by atoms with E-state index in [4.69, 9.17) is 4.74 Å². The third-order valence-corrected chi connectivity index (χ3v) is 8.56. The van der Waals surface area contributed by atoms with Gasteiger partial charge in [0.25, 0.3) is 0 Å². The normalized spacial score (nSPS) is 19.9. The van der Waals surface area contributed by atoms with Gasteiger partial charge < -0.3 is 14.5 Å².